The van der Waals surface area contributed by atoms with Crippen molar-refractivity contribution in [2.75, 3.05) is 13.7 Å². The Morgan fingerprint density at radius 1 is 1.16 bits per heavy atom. The third kappa shape index (κ3) is 4.37. The summed E-state index contributed by atoms with van der Waals surface area (Å²) in [5, 5.41) is 10.6. The van der Waals surface area contributed by atoms with E-state index in [4.69, 9.17) is 9.47 Å². The van der Waals surface area contributed by atoms with E-state index in [-0.39, 0.29) is 6.61 Å². The number of rotatable bonds is 8. The lowest BCUT2D eigenvalue weighted by atomic mass is 10.1. The van der Waals surface area contributed by atoms with Gasteiger partial charge in [-0.05, 0) is 30.3 Å². The minimum atomic E-state index is -1.17. The predicted molar refractivity (Wildman–Crippen MR) is 126 cm³/mol. The maximum Gasteiger partial charge on any atom is 0.161 e. The SMILES string of the molecule is COc1ccc2c(c1)c(-c1cc3nc(CO)cnc3n1COCC[Si](C)(C)C)cn2C. The number of aromatic nitrogens is 4. The third-order valence-electron chi connectivity index (χ3n) is 5.50. The molecule has 3 heterocycles. The van der Waals surface area contributed by atoms with Crippen LogP contribution in [0.3, 0.4) is 0 Å². The summed E-state index contributed by atoms with van der Waals surface area (Å²) in [6.45, 7) is 8.02. The van der Waals surface area contributed by atoms with Gasteiger partial charge in [-0.3, -0.25) is 4.57 Å². The molecule has 0 aliphatic carbocycles. The molecule has 0 radical (unpaired) electrons. The number of fused-ring (bicyclic) bond motifs is 2. The van der Waals surface area contributed by atoms with E-state index in [9.17, 15) is 5.11 Å². The van der Waals surface area contributed by atoms with Crippen molar-refractivity contribution in [3.63, 3.8) is 0 Å². The van der Waals surface area contributed by atoms with Crippen LogP contribution in [0.2, 0.25) is 25.7 Å². The van der Waals surface area contributed by atoms with Gasteiger partial charge < -0.3 is 19.1 Å². The van der Waals surface area contributed by atoms with Gasteiger partial charge in [-0.15, -0.1) is 0 Å². The van der Waals surface area contributed by atoms with Crippen LogP contribution in [0.1, 0.15) is 5.69 Å². The molecule has 8 heteroatoms. The fourth-order valence-corrected chi connectivity index (χ4v) is 4.48. The number of aryl methyl sites for hydroxylation is 1. The highest BCUT2D eigenvalue weighted by molar-refractivity contribution is 6.76. The van der Waals surface area contributed by atoms with Crippen molar-refractivity contribution in [3.8, 4) is 17.0 Å². The topological polar surface area (TPSA) is 74.3 Å². The number of hydrogen-bond donors (Lipinski definition) is 1. The van der Waals surface area contributed by atoms with Crippen molar-refractivity contribution in [1.29, 1.82) is 0 Å². The van der Waals surface area contributed by atoms with E-state index in [1.165, 1.54) is 0 Å². The molecule has 0 aliphatic rings. The fourth-order valence-electron chi connectivity index (χ4n) is 3.73. The molecule has 0 atom stereocenters. The zero-order chi connectivity index (χ0) is 22.2. The zero-order valence-electron chi connectivity index (χ0n) is 18.8. The smallest absolute Gasteiger partial charge is 0.161 e. The second kappa shape index (κ2) is 8.45. The largest absolute Gasteiger partial charge is 0.497 e. The highest BCUT2D eigenvalue weighted by Crippen LogP contribution is 2.35. The molecular formula is C23H30N4O3Si. The van der Waals surface area contributed by atoms with Crippen LogP contribution in [-0.2, 0) is 25.1 Å². The first-order valence-electron chi connectivity index (χ1n) is 10.5. The molecule has 0 fully saturated rings. The van der Waals surface area contributed by atoms with E-state index in [2.05, 4.69) is 57.1 Å². The van der Waals surface area contributed by atoms with Gasteiger partial charge in [0.25, 0.3) is 0 Å². The minimum absolute atomic E-state index is 0.137. The Balaban J connectivity index is 1.82. The monoisotopic (exact) mass is 438 g/mol. The molecule has 7 nitrogen and oxygen atoms in total. The summed E-state index contributed by atoms with van der Waals surface area (Å²) >= 11 is 0. The minimum Gasteiger partial charge on any atom is -0.497 e. The first-order valence-corrected chi connectivity index (χ1v) is 14.2. The summed E-state index contributed by atoms with van der Waals surface area (Å²) in [5.74, 6) is 0.813. The van der Waals surface area contributed by atoms with Crippen LogP contribution in [0.5, 0.6) is 5.75 Å². The standard InChI is InChI=1S/C23H30N4O3Si/c1-26-13-19(18-10-17(29-2)6-7-21(18)26)22-11-20-23(24-12-16(14-28)25-20)27(22)15-30-8-9-31(3,4)5/h6-7,10-13,28H,8-9,14-15H2,1-5H3. The van der Waals surface area contributed by atoms with Gasteiger partial charge in [0.2, 0.25) is 0 Å². The summed E-state index contributed by atoms with van der Waals surface area (Å²) < 4.78 is 15.7. The maximum absolute atomic E-state index is 9.49. The quantitative estimate of drug-likeness (QED) is 0.326. The molecule has 3 aromatic heterocycles. The Labute approximate surface area is 183 Å². The highest BCUT2D eigenvalue weighted by Gasteiger charge is 2.19. The van der Waals surface area contributed by atoms with Crippen molar-refractivity contribution in [3.05, 3.63) is 42.4 Å². The molecule has 31 heavy (non-hydrogen) atoms. The van der Waals surface area contributed by atoms with Crippen molar-refractivity contribution in [2.45, 2.75) is 39.0 Å². The molecule has 1 N–H and O–H groups in total. The Morgan fingerprint density at radius 3 is 2.68 bits per heavy atom. The second-order valence-corrected chi connectivity index (χ2v) is 14.7. The molecule has 0 bridgehead atoms. The Morgan fingerprint density at radius 2 is 1.97 bits per heavy atom. The highest BCUT2D eigenvalue weighted by atomic mass is 28.3. The maximum atomic E-state index is 9.49. The molecule has 0 spiro atoms. The van der Waals surface area contributed by atoms with Crippen LogP contribution in [-0.4, -0.2) is 46.0 Å². The lowest BCUT2D eigenvalue weighted by molar-refractivity contribution is 0.0909. The summed E-state index contributed by atoms with van der Waals surface area (Å²) in [6.07, 6.45) is 3.74. The van der Waals surface area contributed by atoms with Gasteiger partial charge in [0.1, 0.15) is 18.0 Å². The molecule has 0 saturated heterocycles. The van der Waals surface area contributed by atoms with Gasteiger partial charge in [0.15, 0.2) is 5.65 Å². The number of aliphatic hydroxyl groups is 1. The van der Waals surface area contributed by atoms with Crippen LogP contribution < -0.4 is 4.74 Å². The molecule has 0 aliphatic heterocycles. The van der Waals surface area contributed by atoms with Gasteiger partial charge in [-0.1, -0.05) is 19.6 Å². The van der Waals surface area contributed by atoms with Gasteiger partial charge in [-0.2, -0.15) is 0 Å². The van der Waals surface area contributed by atoms with E-state index in [0.717, 1.165) is 51.7 Å². The third-order valence-corrected chi connectivity index (χ3v) is 7.20. The van der Waals surface area contributed by atoms with E-state index in [0.29, 0.717) is 12.4 Å². The number of aliphatic hydroxyl groups excluding tert-OH is 1. The first kappa shape index (κ1) is 21.5. The Bertz CT molecular complexity index is 1220. The summed E-state index contributed by atoms with van der Waals surface area (Å²) in [4.78, 5) is 9.16. The van der Waals surface area contributed by atoms with Crippen LogP contribution >= 0.6 is 0 Å². The van der Waals surface area contributed by atoms with E-state index in [1.807, 2.05) is 19.2 Å². The number of methoxy groups -OCH3 is 1. The van der Waals surface area contributed by atoms with Crippen molar-refractivity contribution < 1.29 is 14.6 Å². The van der Waals surface area contributed by atoms with Crippen LogP contribution in [0.15, 0.2) is 36.7 Å². The van der Waals surface area contributed by atoms with Crippen LogP contribution in [0.25, 0.3) is 33.3 Å². The number of nitrogens with zero attached hydrogens (tertiary/aromatic N) is 4. The molecule has 164 valence electrons. The lowest BCUT2D eigenvalue weighted by Gasteiger charge is -2.16. The van der Waals surface area contributed by atoms with Crippen molar-refractivity contribution in [1.82, 2.24) is 19.1 Å². The fraction of sp³-hybridized carbons (Fsp3) is 0.391. The molecule has 0 saturated carbocycles. The average molecular weight is 439 g/mol. The summed E-state index contributed by atoms with van der Waals surface area (Å²) in [7, 11) is 2.54. The van der Waals surface area contributed by atoms with Gasteiger partial charge in [0.05, 0.1) is 31.3 Å². The lowest BCUT2D eigenvalue weighted by Crippen LogP contribution is -2.22. The van der Waals surface area contributed by atoms with Gasteiger partial charge in [-0.25, -0.2) is 9.97 Å². The van der Waals surface area contributed by atoms with Gasteiger partial charge >= 0.3 is 0 Å². The van der Waals surface area contributed by atoms with E-state index < -0.39 is 8.07 Å². The molecule has 0 unspecified atom stereocenters. The average Bonchev–Trinajstić information content (AvgIpc) is 3.26. The molecular weight excluding hydrogens is 408 g/mol. The zero-order valence-corrected chi connectivity index (χ0v) is 19.8. The predicted octanol–water partition coefficient (Wildman–Crippen LogP) is 4.40. The van der Waals surface area contributed by atoms with Crippen molar-refractivity contribution in [2.24, 2.45) is 7.05 Å². The van der Waals surface area contributed by atoms with Crippen molar-refractivity contribution >= 4 is 30.1 Å². The first-order chi connectivity index (χ1) is 14.8. The van der Waals surface area contributed by atoms with Gasteiger partial charge in [0, 0.05) is 44.4 Å². The van der Waals surface area contributed by atoms with E-state index >= 15 is 0 Å². The number of benzene rings is 1. The van der Waals surface area contributed by atoms with Crippen LogP contribution in [0, 0.1) is 0 Å². The molecule has 0 amide bonds. The normalized spacial score (nSPS) is 12.2. The molecule has 4 rings (SSSR count). The molecule has 4 aromatic rings. The van der Waals surface area contributed by atoms with E-state index in [1.54, 1.807) is 13.3 Å². The Hall–Kier alpha value is -2.68. The Kier molecular flexibility index (Phi) is 5.87. The summed E-state index contributed by atoms with van der Waals surface area (Å²) in [6, 6.07) is 9.22. The summed E-state index contributed by atoms with van der Waals surface area (Å²) in [5.41, 5.74) is 5.21. The van der Waals surface area contributed by atoms with Crippen LogP contribution in [0.4, 0.5) is 0 Å². The number of ether oxygens (including phenoxy) is 2. The number of hydrogen-bond acceptors (Lipinski definition) is 5. The second-order valence-electron chi connectivity index (χ2n) is 9.07. The molecule has 1 aromatic carbocycles.